The maximum Gasteiger partial charge on any atom is 0.301 e. The molecule has 1 nitrogen and oxygen atoms in total. The Bertz CT molecular complexity index is 95.0. The first-order valence-electron chi connectivity index (χ1n) is 3.10. The van der Waals surface area contributed by atoms with Gasteiger partial charge in [0.25, 0.3) is 0 Å². The van der Waals surface area contributed by atoms with Crippen LogP contribution >= 0.6 is 0 Å². The van der Waals surface area contributed by atoms with E-state index in [2.05, 4.69) is 4.74 Å². The predicted molar refractivity (Wildman–Crippen MR) is 32.0 cm³/mol. The van der Waals surface area contributed by atoms with Crippen molar-refractivity contribution in [2.75, 3.05) is 13.3 Å². The molecule has 0 bridgehead atoms. The van der Waals surface area contributed by atoms with Crippen LogP contribution in [0.2, 0.25) is 0 Å². The zero-order chi connectivity index (χ0) is 8.20. The smallest absolute Gasteiger partial charge is 0.301 e. The van der Waals surface area contributed by atoms with Crippen molar-refractivity contribution in [2.24, 2.45) is 0 Å². The summed E-state index contributed by atoms with van der Waals surface area (Å²) in [5.41, 5.74) is 0. The van der Waals surface area contributed by atoms with Crippen LogP contribution in [0.3, 0.4) is 0 Å². The Morgan fingerprint density at radius 1 is 1.50 bits per heavy atom. The SMILES string of the molecule is CCOC(C)C(F)(F)CF. The Kier molecular flexibility index (Phi) is 3.71. The van der Waals surface area contributed by atoms with Crippen LogP contribution in [-0.2, 0) is 4.74 Å². The van der Waals surface area contributed by atoms with E-state index in [1.807, 2.05) is 0 Å². The summed E-state index contributed by atoms with van der Waals surface area (Å²) >= 11 is 0. The van der Waals surface area contributed by atoms with E-state index in [1.165, 1.54) is 0 Å². The Morgan fingerprint density at radius 2 is 2.00 bits per heavy atom. The molecule has 0 aliphatic rings. The number of halogens is 3. The van der Waals surface area contributed by atoms with E-state index in [4.69, 9.17) is 0 Å². The molecule has 0 aromatic heterocycles. The Hall–Kier alpha value is -0.250. The first-order valence-corrected chi connectivity index (χ1v) is 3.10. The zero-order valence-corrected chi connectivity index (χ0v) is 6.03. The highest BCUT2D eigenvalue weighted by Gasteiger charge is 2.36. The molecule has 0 saturated heterocycles. The van der Waals surface area contributed by atoms with Crippen molar-refractivity contribution in [2.45, 2.75) is 25.9 Å². The highest BCUT2D eigenvalue weighted by atomic mass is 19.3. The highest BCUT2D eigenvalue weighted by Crippen LogP contribution is 2.21. The lowest BCUT2D eigenvalue weighted by atomic mass is 10.2. The summed E-state index contributed by atoms with van der Waals surface area (Å²) in [6, 6.07) is 0. The van der Waals surface area contributed by atoms with Crippen molar-refractivity contribution < 1.29 is 17.9 Å². The standard InChI is InChI=1S/C6H11F3O/c1-3-10-5(2)6(8,9)4-7/h5H,3-4H2,1-2H3. The topological polar surface area (TPSA) is 9.23 Å². The summed E-state index contributed by atoms with van der Waals surface area (Å²) in [4.78, 5) is 0. The van der Waals surface area contributed by atoms with Gasteiger partial charge in [0.2, 0.25) is 0 Å². The van der Waals surface area contributed by atoms with Crippen molar-refractivity contribution in [3.8, 4) is 0 Å². The molecule has 1 atom stereocenters. The number of ether oxygens (including phenoxy) is 1. The molecule has 0 fully saturated rings. The molecule has 0 aromatic rings. The maximum atomic E-state index is 12.2. The second-order valence-electron chi connectivity index (χ2n) is 1.99. The third-order valence-electron chi connectivity index (χ3n) is 1.19. The average molecular weight is 156 g/mol. The van der Waals surface area contributed by atoms with Crippen molar-refractivity contribution >= 4 is 0 Å². The molecule has 0 N–H and O–H groups in total. The predicted octanol–water partition coefficient (Wildman–Crippen LogP) is 2.02. The maximum absolute atomic E-state index is 12.2. The van der Waals surface area contributed by atoms with Crippen LogP contribution in [-0.4, -0.2) is 25.3 Å². The monoisotopic (exact) mass is 156 g/mol. The van der Waals surface area contributed by atoms with E-state index < -0.39 is 18.7 Å². The number of hydrogen-bond acceptors (Lipinski definition) is 1. The van der Waals surface area contributed by atoms with E-state index in [0.29, 0.717) is 0 Å². The van der Waals surface area contributed by atoms with Gasteiger partial charge in [0.1, 0.15) is 6.10 Å². The average Bonchev–Trinajstić information content (AvgIpc) is 1.89. The molecule has 0 rings (SSSR count). The van der Waals surface area contributed by atoms with Crippen molar-refractivity contribution in [3.63, 3.8) is 0 Å². The van der Waals surface area contributed by atoms with Crippen LogP contribution in [0.1, 0.15) is 13.8 Å². The van der Waals surface area contributed by atoms with Crippen LogP contribution < -0.4 is 0 Å². The van der Waals surface area contributed by atoms with Gasteiger partial charge >= 0.3 is 5.92 Å². The Labute approximate surface area is 58.2 Å². The van der Waals surface area contributed by atoms with E-state index >= 15 is 0 Å². The van der Waals surface area contributed by atoms with Gasteiger partial charge in [-0.3, -0.25) is 0 Å². The molecule has 0 aliphatic heterocycles. The summed E-state index contributed by atoms with van der Waals surface area (Å²) in [5.74, 6) is -3.34. The number of alkyl halides is 3. The normalized spacial score (nSPS) is 15.3. The minimum Gasteiger partial charge on any atom is -0.372 e. The lowest BCUT2D eigenvalue weighted by molar-refractivity contribution is -0.136. The molecule has 4 heteroatoms. The first-order chi connectivity index (χ1) is 4.54. The van der Waals surface area contributed by atoms with Crippen LogP contribution in [0.5, 0.6) is 0 Å². The lowest BCUT2D eigenvalue weighted by Gasteiger charge is -2.19. The van der Waals surface area contributed by atoms with E-state index in [-0.39, 0.29) is 6.61 Å². The Morgan fingerprint density at radius 3 is 2.30 bits per heavy atom. The van der Waals surface area contributed by atoms with E-state index in [9.17, 15) is 13.2 Å². The zero-order valence-electron chi connectivity index (χ0n) is 6.03. The fourth-order valence-corrected chi connectivity index (χ4v) is 0.481. The number of hydrogen-bond donors (Lipinski definition) is 0. The quantitative estimate of drug-likeness (QED) is 0.605. The first kappa shape index (κ1) is 9.75. The third-order valence-corrected chi connectivity index (χ3v) is 1.19. The van der Waals surface area contributed by atoms with Gasteiger partial charge in [-0.1, -0.05) is 0 Å². The third kappa shape index (κ3) is 2.56. The fourth-order valence-electron chi connectivity index (χ4n) is 0.481. The molecule has 0 radical (unpaired) electrons. The second kappa shape index (κ2) is 3.81. The summed E-state index contributed by atoms with van der Waals surface area (Å²) in [7, 11) is 0. The van der Waals surface area contributed by atoms with Gasteiger partial charge in [-0.2, -0.15) is 0 Å². The molecule has 1 unspecified atom stereocenters. The molecule has 10 heavy (non-hydrogen) atoms. The molecular formula is C6H11F3O. The summed E-state index contributed by atoms with van der Waals surface area (Å²) in [6.07, 6.45) is -1.33. The van der Waals surface area contributed by atoms with Crippen molar-refractivity contribution in [1.82, 2.24) is 0 Å². The molecule has 62 valence electrons. The lowest BCUT2D eigenvalue weighted by Crippen LogP contribution is -2.35. The molecule has 0 heterocycles. The minimum absolute atomic E-state index is 0.177. The van der Waals surface area contributed by atoms with Crippen LogP contribution in [0, 0.1) is 0 Å². The molecule has 0 saturated carbocycles. The van der Waals surface area contributed by atoms with Crippen molar-refractivity contribution in [3.05, 3.63) is 0 Å². The van der Waals surface area contributed by atoms with Crippen LogP contribution in [0.15, 0.2) is 0 Å². The molecule has 0 amide bonds. The molecule has 0 spiro atoms. The molecule has 0 aliphatic carbocycles. The fraction of sp³-hybridized carbons (Fsp3) is 1.00. The van der Waals surface area contributed by atoms with Gasteiger partial charge in [0.15, 0.2) is 6.67 Å². The summed E-state index contributed by atoms with van der Waals surface area (Å²) in [5, 5.41) is 0. The largest absolute Gasteiger partial charge is 0.372 e. The Balaban J connectivity index is 3.78. The van der Waals surface area contributed by atoms with Crippen molar-refractivity contribution in [1.29, 1.82) is 0 Å². The molecule has 0 aromatic carbocycles. The van der Waals surface area contributed by atoms with Gasteiger partial charge in [-0.05, 0) is 13.8 Å². The van der Waals surface area contributed by atoms with Gasteiger partial charge in [0, 0.05) is 6.61 Å². The minimum atomic E-state index is -3.34. The van der Waals surface area contributed by atoms with Crippen LogP contribution in [0.25, 0.3) is 0 Å². The van der Waals surface area contributed by atoms with Crippen LogP contribution in [0.4, 0.5) is 13.2 Å². The van der Waals surface area contributed by atoms with Gasteiger partial charge in [-0.25, -0.2) is 13.2 Å². The highest BCUT2D eigenvalue weighted by molar-refractivity contribution is 4.72. The molecular weight excluding hydrogens is 145 g/mol. The number of rotatable bonds is 4. The summed E-state index contributed by atoms with van der Waals surface area (Å²) in [6.45, 7) is 1.26. The van der Waals surface area contributed by atoms with Gasteiger partial charge < -0.3 is 4.74 Å². The van der Waals surface area contributed by atoms with E-state index in [0.717, 1.165) is 6.92 Å². The van der Waals surface area contributed by atoms with Gasteiger partial charge in [-0.15, -0.1) is 0 Å². The second-order valence-corrected chi connectivity index (χ2v) is 1.99. The summed E-state index contributed by atoms with van der Waals surface area (Å²) < 4.78 is 40.5. The van der Waals surface area contributed by atoms with E-state index in [1.54, 1.807) is 6.92 Å². The van der Waals surface area contributed by atoms with Gasteiger partial charge in [0.05, 0.1) is 0 Å².